The molecule has 5 heteroatoms. The molecule has 1 amide bonds. The molecule has 94 valence electrons. The van der Waals surface area contributed by atoms with Crippen LogP contribution in [0.15, 0.2) is 29.1 Å². The highest BCUT2D eigenvalue weighted by Gasteiger charge is 2.02. The maximum atomic E-state index is 11.1. The topological polar surface area (TPSA) is 54.0 Å². The molecular formula is C13H15N3OS. The summed E-state index contributed by atoms with van der Waals surface area (Å²) in [6, 6.07) is 5.91. The molecule has 18 heavy (non-hydrogen) atoms. The quantitative estimate of drug-likeness (QED) is 0.889. The number of rotatable bonds is 4. The third-order valence-electron chi connectivity index (χ3n) is 2.51. The van der Waals surface area contributed by atoms with Crippen LogP contribution in [-0.4, -0.2) is 10.9 Å². The van der Waals surface area contributed by atoms with E-state index >= 15 is 0 Å². The van der Waals surface area contributed by atoms with E-state index in [9.17, 15) is 4.79 Å². The molecular weight excluding hydrogens is 246 g/mol. The number of aryl methyl sites for hydroxylation is 1. The Kier molecular flexibility index (Phi) is 3.94. The fraction of sp³-hybridized carbons (Fsp3) is 0.231. The zero-order valence-electron chi connectivity index (χ0n) is 10.4. The number of amides is 1. The van der Waals surface area contributed by atoms with Gasteiger partial charge in [-0.15, -0.1) is 11.3 Å². The molecule has 4 nitrogen and oxygen atoms in total. The van der Waals surface area contributed by atoms with Crippen molar-refractivity contribution in [1.82, 2.24) is 4.98 Å². The van der Waals surface area contributed by atoms with Gasteiger partial charge in [-0.25, -0.2) is 4.98 Å². The van der Waals surface area contributed by atoms with Gasteiger partial charge in [-0.1, -0.05) is 6.07 Å². The van der Waals surface area contributed by atoms with Gasteiger partial charge in [-0.3, -0.25) is 4.79 Å². The average Bonchev–Trinajstić information content (AvgIpc) is 2.82. The largest absolute Gasteiger partial charge is 0.379 e. The standard InChI is InChI=1S/C13H15N3OS/c1-9-3-4-11(5-13(9)16-10(2)17)14-6-12-7-18-8-15-12/h3-5,7-8,14H,6H2,1-2H3,(H,16,17). The zero-order valence-corrected chi connectivity index (χ0v) is 11.2. The number of nitrogens with zero attached hydrogens (tertiary/aromatic N) is 1. The predicted molar refractivity (Wildman–Crippen MR) is 74.9 cm³/mol. The van der Waals surface area contributed by atoms with Crippen LogP contribution < -0.4 is 10.6 Å². The summed E-state index contributed by atoms with van der Waals surface area (Å²) >= 11 is 1.58. The van der Waals surface area contributed by atoms with Gasteiger partial charge in [-0.2, -0.15) is 0 Å². The van der Waals surface area contributed by atoms with Crippen LogP contribution in [0.25, 0.3) is 0 Å². The van der Waals surface area contributed by atoms with E-state index in [0.29, 0.717) is 6.54 Å². The summed E-state index contributed by atoms with van der Waals surface area (Å²) in [5.74, 6) is -0.0604. The Morgan fingerprint density at radius 2 is 2.28 bits per heavy atom. The first-order valence-corrected chi connectivity index (χ1v) is 6.58. The number of anilines is 2. The van der Waals surface area contributed by atoms with E-state index in [1.165, 1.54) is 6.92 Å². The second kappa shape index (κ2) is 5.64. The highest BCUT2D eigenvalue weighted by atomic mass is 32.1. The zero-order chi connectivity index (χ0) is 13.0. The molecule has 0 saturated carbocycles. The summed E-state index contributed by atoms with van der Waals surface area (Å²) in [5.41, 5.74) is 5.68. The van der Waals surface area contributed by atoms with Crippen molar-refractivity contribution in [2.45, 2.75) is 20.4 Å². The van der Waals surface area contributed by atoms with Crippen LogP contribution in [0.1, 0.15) is 18.2 Å². The van der Waals surface area contributed by atoms with Crippen molar-refractivity contribution in [3.8, 4) is 0 Å². The second-order valence-corrected chi connectivity index (χ2v) is 4.76. The van der Waals surface area contributed by atoms with Gasteiger partial charge >= 0.3 is 0 Å². The van der Waals surface area contributed by atoms with Crippen LogP contribution in [-0.2, 0) is 11.3 Å². The van der Waals surface area contributed by atoms with Crippen molar-refractivity contribution in [3.05, 3.63) is 40.3 Å². The van der Waals surface area contributed by atoms with Crippen LogP contribution in [0.5, 0.6) is 0 Å². The van der Waals surface area contributed by atoms with Crippen LogP contribution in [0.4, 0.5) is 11.4 Å². The minimum atomic E-state index is -0.0604. The van der Waals surface area contributed by atoms with Crippen LogP contribution in [0.2, 0.25) is 0 Å². The Morgan fingerprint density at radius 1 is 1.44 bits per heavy atom. The highest BCUT2D eigenvalue weighted by molar-refractivity contribution is 7.07. The first-order valence-electron chi connectivity index (χ1n) is 5.64. The molecule has 0 atom stereocenters. The van der Waals surface area contributed by atoms with Gasteiger partial charge < -0.3 is 10.6 Å². The number of nitrogens with one attached hydrogen (secondary N) is 2. The van der Waals surface area contributed by atoms with E-state index in [0.717, 1.165) is 22.6 Å². The molecule has 0 spiro atoms. The van der Waals surface area contributed by atoms with Gasteiger partial charge in [0, 0.05) is 23.7 Å². The van der Waals surface area contributed by atoms with Crippen molar-refractivity contribution in [1.29, 1.82) is 0 Å². The lowest BCUT2D eigenvalue weighted by Crippen LogP contribution is -2.08. The summed E-state index contributed by atoms with van der Waals surface area (Å²) in [6.07, 6.45) is 0. The molecule has 0 aliphatic carbocycles. The molecule has 1 heterocycles. The fourth-order valence-electron chi connectivity index (χ4n) is 1.57. The summed E-state index contributed by atoms with van der Waals surface area (Å²) < 4.78 is 0. The van der Waals surface area contributed by atoms with Crippen LogP contribution in [0, 0.1) is 6.92 Å². The Labute approximate surface area is 110 Å². The first kappa shape index (κ1) is 12.6. The molecule has 2 N–H and O–H groups in total. The number of hydrogen-bond acceptors (Lipinski definition) is 4. The van der Waals surface area contributed by atoms with Gasteiger partial charge in [0.05, 0.1) is 17.7 Å². The van der Waals surface area contributed by atoms with E-state index in [1.54, 1.807) is 11.3 Å². The van der Waals surface area contributed by atoms with Crippen molar-refractivity contribution < 1.29 is 4.79 Å². The van der Waals surface area contributed by atoms with Crippen LogP contribution in [0.3, 0.4) is 0 Å². The predicted octanol–water partition coefficient (Wildman–Crippen LogP) is 3.02. The third-order valence-corrected chi connectivity index (χ3v) is 3.14. The van der Waals surface area contributed by atoms with E-state index < -0.39 is 0 Å². The number of hydrogen-bond donors (Lipinski definition) is 2. The van der Waals surface area contributed by atoms with E-state index in [4.69, 9.17) is 0 Å². The second-order valence-electron chi connectivity index (χ2n) is 4.04. The lowest BCUT2D eigenvalue weighted by molar-refractivity contribution is -0.114. The third kappa shape index (κ3) is 3.30. The molecule has 0 radical (unpaired) electrons. The van der Waals surface area contributed by atoms with Crippen molar-refractivity contribution in [3.63, 3.8) is 0 Å². The van der Waals surface area contributed by atoms with Gasteiger partial charge in [0.1, 0.15) is 0 Å². The normalized spacial score (nSPS) is 10.1. The minimum Gasteiger partial charge on any atom is -0.379 e. The molecule has 0 saturated heterocycles. The average molecular weight is 261 g/mol. The maximum Gasteiger partial charge on any atom is 0.221 e. The summed E-state index contributed by atoms with van der Waals surface area (Å²) in [7, 11) is 0. The molecule has 0 bridgehead atoms. The molecule has 0 fully saturated rings. The van der Waals surface area contributed by atoms with Gasteiger partial charge in [-0.05, 0) is 24.6 Å². The summed E-state index contributed by atoms with van der Waals surface area (Å²) in [5, 5.41) is 8.10. The first-order chi connectivity index (χ1) is 8.65. The maximum absolute atomic E-state index is 11.1. The highest BCUT2D eigenvalue weighted by Crippen LogP contribution is 2.20. The van der Waals surface area contributed by atoms with Gasteiger partial charge in [0.15, 0.2) is 0 Å². The molecule has 0 aliphatic rings. The smallest absolute Gasteiger partial charge is 0.221 e. The van der Waals surface area contributed by atoms with Crippen molar-refractivity contribution in [2.24, 2.45) is 0 Å². The summed E-state index contributed by atoms with van der Waals surface area (Å²) in [4.78, 5) is 15.3. The van der Waals surface area contributed by atoms with Crippen LogP contribution >= 0.6 is 11.3 Å². The molecule has 1 aromatic heterocycles. The summed E-state index contributed by atoms with van der Waals surface area (Å²) in [6.45, 7) is 4.16. The van der Waals surface area contributed by atoms with E-state index in [2.05, 4.69) is 15.6 Å². The van der Waals surface area contributed by atoms with Gasteiger partial charge in [0.25, 0.3) is 0 Å². The molecule has 1 aromatic carbocycles. The molecule has 2 aromatic rings. The minimum absolute atomic E-state index is 0.0604. The molecule has 0 unspecified atom stereocenters. The Morgan fingerprint density at radius 3 is 2.94 bits per heavy atom. The Balaban J connectivity index is 2.06. The monoisotopic (exact) mass is 261 g/mol. The number of benzene rings is 1. The van der Waals surface area contributed by atoms with Gasteiger partial charge in [0.2, 0.25) is 5.91 Å². The van der Waals surface area contributed by atoms with Crippen molar-refractivity contribution >= 4 is 28.6 Å². The fourth-order valence-corrected chi connectivity index (χ4v) is 2.13. The number of thiazole rings is 1. The molecule has 2 rings (SSSR count). The lowest BCUT2D eigenvalue weighted by Gasteiger charge is -2.10. The lowest BCUT2D eigenvalue weighted by atomic mass is 10.1. The SMILES string of the molecule is CC(=O)Nc1cc(NCc2cscn2)ccc1C. The Bertz CT molecular complexity index is 537. The van der Waals surface area contributed by atoms with Crippen molar-refractivity contribution in [2.75, 3.05) is 10.6 Å². The number of carbonyl (C=O) groups is 1. The van der Waals surface area contributed by atoms with E-state index in [1.807, 2.05) is 36.0 Å². The number of aromatic nitrogens is 1. The van der Waals surface area contributed by atoms with E-state index in [-0.39, 0.29) is 5.91 Å². The molecule has 0 aliphatic heterocycles. The Hall–Kier alpha value is -1.88. The number of carbonyl (C=O) groups excluding carboxylic acids is 1.